The van der Waals surface area contributed by atoms with Crippen LogP contribution in [-0.4, -0.2) is 28.3 Å². The van der Waals surface area contributed by atoms with Gasteiger partial charge in [0.25, 0.3) is 0 Å². The zero-order valence-corrected chi connectivity index (χ0v) is 11.6. The van der Waals surface area contributed by atoms with Gasteiger partial charge in [0, 0.05) is 0 Å². The summed E-state index contributed by atoms with van der Waals surface area (Å²) in [5, 5.41) is 12.0. The maximum atomic E-state index is 11.8. The van der Waals surface area contributed by atoms with Gasteiger partial charge in [-0.2, -0.15) is 0 Å². The Labute approximate surface area is 108 Å². The second kappa shape index (κ2) is 5.16. The maximum Gasteiger partial charge on any atom is 0.408 e. The third kappa shape index (κ3) is 3.37. The summed E-state index contributed by atoms with van der Waals surface area (Å²) < 4.78 is 5.15. The number of carbonyl (C=O) groups excluding carboxylic acids is 1. The van der Waals surface area contributed by atoms with E-state index in [1.54, 1.807) is 20.8 Å². The molecule has 1 saturated carbocycles. The fourth-order valence-electron chi connectivity index (χ4n) is 2.39. The van der Waals surface area contributed by atoms with Crippen LogP contribution >= 0.6 is 0 Å². The first-order valence-electron chi connectivity index (χ1n) is 6.42. The quantitative estimate of drug-likeness (QED) is 0.797. The number of alkyl carbamates (subject to hydrolysis) is 1. The fourth-order valence-corrected chi connectivity index (χ4v) is 2.39. The molecule has 0 aromatic rings. The van der Waals surface area contributed by atoms with Gasteiger partial charge in [0.15, 0.2) is 0 Å². The zero-order valence-electron chi connectivity index (χ0n) is 11.6. The van der Waals surface area contributed by atoms with Gasteiger partial charge < -0.3 is 15.2 Å². The SMILES string of the molecule is C[C@@H]1CCCC[C@]1(NC(=O)OC(C)(C)C)C(=O)O. The Bertz CT molecular complexity index is 334. The lowest BCUT2D eigenvalue weighted by Gasteiger charge is -2.39. The normalized spacial score (nSPS) is 28.6. The first kappa shape index (κ1) is 14.8. The lowest BCUT2D eigenvalue weighted by Crippen LogP contribution is -2.60. The number of aliphatic carboxylic acids is 1. The van der Waals surface area contributed by atoms with Crippen molar-refractivity contribution in [2.24, 2.45) is 5.92 Å². The first-order valence-corrected chi connectivity index (χ1v) is 6.42. The standard InChI is InChI=1S/C13H23NO4/c1-9-7-5-6-8-13(9,10(15)16)14-11(17)18-12(2,3)4/h9H,5-8H2,1-4H3,(H,14,17)(H,15,16)/t9-,13-/m1/s1. The van der Waals surface area contributed by atoms with Crippen molar-refractivity contribution in [2.75, 3.05) is 0 Å². The molecule has 0 radical (unpaired) electrons. The topological polar surface area (TPSA) is 75.6 Å². The second-order valence-corrected chi connectivity index (χ2v) is 6.05. The molecule has 1 fully saturated rings. The highest BCUT2D eigenvalue weighted by Crippen LogP contribution is 2.34. The summed E-state index contributed by atoms with van der Waals surface area (Å²) in [5.74, 6) is -1.06. The van der Waals surface area contributed by atoms with E-state index in [2.05, 4.69) is 5.32 Å². The summed E-state index contributed by atoms with van der Waals surface area (Å²) in [6, 6.07) is 0. The third-order valence-corrected chi connectivity index (χ3v) is 3.41. The Morgan fingerprint density at radius 2 is 1.94 bits per heavy atom. The molecule has 0 aliphatic heterocycles. The van der Waals surface area contributed by atoms with E-state index in [4.69, 9.17) is 4.74 Å². The lowest BCUT2D eigenvalue weighted by molar-refractivity contribution is -0.148. The number of rotatable bonds is 2. The Morgan fingerprint density at radius 1 is 1.33 bits per heavy atom. The monoisotopic (exact) mass is 257 g/mol. The number of carbonyl (C=O) groups is 2. The molecular weight excluding hydrogens is 234 g/mol. The number of carboxylic acid groups (broad SMARTS) is 1. The average Bonchev–Trinajstić information content (AvgIpc) is 2.18. The molecule has 1 amide bonds. The van der Waals surface area contributed by atoms with Gasteiger partial charge in [-0.15, -0.1) is 0 Å². The van der Waals surface area contributed by atoms with Crippen molar-refractivity contribution in [3.8, 4) is 0 Å². The van der Waals surface area contributed by atoms with Gasteiger partial charge in [-0.1, -0.05) is 19.8 Å². The van der Waals surface area contributed by atoms with Crippen molar-refractivity contribution >= 4 is 12.1 Å². The Balaban J connectivity index is 2.80. The van der Waals surface area contributed by atoms with Crippen molar-refractivity contribution in [3.63, 3.8) is 0 Å². The van der Waals surface area contributed by atoms with E-state index in [-0.39, 0.29) is 5.92 Å². The summed E-state index contributed by atoms with van der Waals surface area (Å²) in [7, 11) is 0. The molecule has 18 heavy (non-hydrogen) atoms. The summed E-state index contributed by atoms with van der Waals surface area (Å²) in [5.41, 5.74) is -1.80. The summed E-state index contributed by atoms with van der Waals surface area (Å²) in [6.07, 6.45) is 2.43. The Kier molecular flexibility index (Phi) is 4.24. The number of hydrogen-bond acceptors (Lipinski definition) is 3. The number of hydrogen-bond donors (Lipinski definition) is 2. The van der Waals surface area contributed by atoms with Crippen LogP contribution in [-0.2, 0) is 9.53 Å². The van der Waals surface area contributed by atoms with Gasteiger partial charge in [0.1, 0.15) is 11.1 Å². The van der Waals surface area contributed by atoms with E-state index in [1.165, 1.54) is 0 Å². The molecule has 0 spiro atoms. The highest BCUT2D eigenvalue weighted by atomic mass is 16.6. The van der Waals surface area contributed by atoms with E-state index in [0.29, 0.717) is 6.42 Å². The molecule has 1 rings (SSSR count). The fraction of sp³-hybridized carbons (Fsp3) is 0.846. The largest absolute Gasteiger partial charge is 0.479 e. The predicted molar refractivity (Wildman–Crippen MR) is 67.4 cm³/mol. The van der Waals surface area contributed by atoms with E-state index in [9.17, 15) is 14.7 Å². The molecule has 0 saturated heterocycles. The highest BCUT2D eigenvalue weighted by Gasteiger charge is 2.47. The van der Waals surface area contributed by atoms with E-state index in [0.717, 1.165) is 19.3 Å². The van der Waals surface area contributed by atoms with Crippen LogP contribution in [0.2, 0.25) is 0 Å². The van der Waals surface area contributed by atoms with Gasteiger partial charge in [-0.05, 0) is 39.5 Å². The number of ether oxygens (including phenoxy) is 1. The summed E-state index contributed by atoms with van der Waals surface area (Å²) >= 11 is 0. The second-order valence-electron chi connectivity index (χ2n) is 6.05. The van der Waals surface area contributed by atoms with Gasteiger partial charge in [-0.25, -0.2) is 9.59 Å². The zero-order chi connectivity index (χ0) is 14.0. The first-order chi connectivity index (χ1) is 8.17. The van der Waals surface area contributed by atoms with Gasteiger partial charge in [0.2, 0.25) is 0 Å². The van der Waals surface area contributed by atoms with Crippen molar-refractivity contribution in [1.29, 1.82) is 0 Å². The minimum absolute atomic E-state index is 0.0868. The van der Waals surface area contributed by atoms with Gasteiger partial charge in [0.05, 0.1) is 0 Å². The van der Waals surface area contributed by atoms with Crippen molar-refractivity contribution in [3.05, 3.63) is 0 Å². The summed E-state index contributed by atoms with van der Waals surface area (Å²) in [4.78, 5) is 23.3. The molecule has 5 nitrogen and oxygen atoms in total. The molecule has 0 aromatic carbocycles. The van der Waals surface area contributed by atoms with Crippen LogP contribution in [0.3, 0.4) is 0 Å². The van der Waals surface area contributed by atoms with E-state index < -0.39 is 23.2 Å². The molecule has 0 heterocycles. The minimum atomic E-state index is -1.18. The number of carboxylic acids is 1. The maximum absolute atomic E-state index is 11.8. The molecular formula is C13H23NO4. The Hall–Kier alpha value is -1.26. The van der Waals surface area contributed by atoms with E-state index >= 15 is 0 Å². The van der Waals surface area contributed by atoms with Crippen LogP contribution in [0, 0.1) is 5.92 Å². The van der Waals surface area contributed by atoms with Crippen LogP contribution in [0.15, 0.2) is 0 Å². The molecule has 2 N–H and O–H groups in total. The number of nitrogens with one attached hydrogen (secondary N) is 1. The van der Waals surface area contributed by atoms with Crippen molar-refractivity contribution in [1.82, 2.24) is 5.32 Å². The van der Waals surface area contributed by atoms with Crippen LogP contribution < -0.4 is 5.32 Å². The molecule has 5 heteroatoms. The van der Waals surface area contributed by atoms with Crippen molar-refractivity contribution in [2.45, 2.75) is 64.5 Å². The summed E-state index contributed by atoms with van der Waals surface area (Å²) in [6.45, 7) is 7.13. The van der Waals surface area contributed by atoms with Crippen LogP contribution in [0.25, 0.3) is 0 Å². The molecule has 1 aliphatic carbocycles. The number of amides is 1. The highest BCUT2D eigenvalue weighted by molar-refractivity contribution is 5.85. The van der Waals surface area contributed by atoms with Gasteiger partial charge >= 0.3 is 12.1 Å². The average molecular weight is 257 g/mol. The Morgan fingerprint density at radius 3 is 2.39 bits per heavy atom. The van der Waals surface area contributed by atoms with Crippen LogP contribution in [0.1, 0.15) is 53.4 Å². The minimum Gasteiger partial charge on any atom is -0.479 e. The van der Waals surface area contributed by atoms with Crippen molar-refractivity contribution < 1.29 is 19.4 Å². The molecule has 1 aliphatic rings. The molecule has 0 aromatic heterocycles. The third-order valence-electron chi connectivity index (χ3n) is 3.41. The lowest BCUT2D eigenvalue weighted by atomic mass is 9.73. The predicted octanol–water partition coefficient (Wildman–Crippen LogP) is 2.54. The molecule has 0 unspecified atom stereocenters. The van der Waals surface area contributed by atoms with Crippen LogP contribution in [0.5, 0.6) is 0 Å². The molecule has 0 bridgehead atoms. The molecule has 104 valence electrons. The molecule has 2 atom stereocenters. The van der Waals surface area contributed by atoms with E-state index in [1.807, 2.05) is 6.92 Å². The van der Waals surface area contributed by atoms with Gasteiger partial charge in [-0.3, -0.25) is 0 Å². The smallest absolute Gasteiger partial charge is 0.408 e. The van der Waals surface area contributed by atoms with Crippen LogP contribution in [0.4, 0.5) is 4.79 Å².